The number of aromatic nitrogens is 1. The Labute approximate surface area is 130 Å². The number of thiophene rings is 1. The van der Waals surface area contributed by atoms with E-state index in [0.29, 0.717) is 0 Å². The van der Waals surface area contributed by atoms with Gasteiger partial charge in [-0.1, -0.05) is 31.2 Å². The Bertz CT molecular complexity index is 682. The summed E-state index contributed by atoms with van der Waals surface area (Å²) in [5, 5.41) is 7.05. The standard InChI is InChI=1S/C18H22N2S/c1-2-15-5-3-6-16-9-12-20(18(15)16)13-11-19-10-8-17-7-4-14-21-17/h3-7,9,12,14,19H,2,8,10-11,13H2,1H3. The first-order valence-electron chi connectivity index (χ1n) is 7.68. The molecule has 110 valence electrons. The molecule has 0 spiro atoms. The van der Waals surface area contributed by atoms with Crippen LogP contribution in [0.15, 0.2) is 48.0 Å². The maximum Gasteiger partial charge on any atom is 0.0513 e. The van der Waals surface area contributed by atoms with Gasteiger partial charge in [-0.05, 0) is 41.3 Å². The van der Waals surface area contributed by atoms with Crippen LogP contribution in [0.5, 0.6) is 0 Å². The predicted octanol–water partition coefficient (Wildman–Crippen LogP) is 4.10. The third kappa shape index (κ3) is 3.36. The minimum absolute atomic E-state index is 1.02. The molecule has 0 unspecified atom stereocenters. The first kappa shape index (κ1) is 14.4. The van der Waals surface area contributed by atoms with Gasteiger partial charge >= 0.3 is 0 Å². The van der Waals surface area contributed by atoms with Crippen molar-refractivity contribution in [3.05, 3.63) is 58.4 Å². The topological polar surface area (TPSA) is 17.0 Å². The zero-order valence-electron chi connectivity index (χ0n) is 12.5. The molecule has 0 amide bonds. The van der Waals surface area contributed by atoms with Crippen LogP contribution in [-0.4, -0.2) is 17.7 Å². The summed E-state index contributed by atoms with van der Waals surface area (Å²) in [6.45, 7) is 5.34. The molecule has 0 saturated heterocycles. The summed E-state index contributed by atoms with van der Waals surface area (Å²) in [5.74, 6) is 0. The first-order valence-corrected chi connectivity index (χ1v) is 8.56. The molecule has 0 fully saturated rings. The van der Waals surface area contributed by atoms with Crippen LogP contribution in [-0.2, 0) is 19.4 Å². The molecule has 2 nitrogen and oxygen atoms in total. The van der Waals surface area contributed by atoms with Crippen LogP contribution < -0.4 is 5.32 Å². The van der Waals surface area contributed by atoms with Gasteiger partial charge in [-0.15, -0.1) is 11.3 Å². The Balaban J connectivity index is 1.55. The second kappa shape index (κ2) is 6.92. The minimum atomic E-state index is 1.02. The number of nitrogens with zero attached hydrogens (tertiary/aromatic N) is 1. The molecule has 0 saturated carbocycles. The number of nitrogens with one attached hydrogen (secondary N) is 1. The fourth-order valence-electron chi connectivity index (χ4n) is 2.80. The average Bonchev–Trinajstić information content (AvgIpc) is 3.16. The lowest BCUT2D eigenvalue weighted by Gasteiger charge is -2.09. The molecule has 1 aromatic carbocycles. The van der Waals surface area contributed by atoms with Crippen molar-refractivity contribution in [1.29, 1.82) is 0 Å². The number of hydrogen-bond donors (Lipinski definition) is 1. The van der Waals surface area contributed by atoms with Crippen LogP contribution >= 0.6 is 11.3 Å². The molecule has 0 bridgehead atoms. The van der Waals surface area contributed by atoms with Crippen molar-refractivity contribution < 1.29 is 0 Å². The predicted molar refractivity (Wildman–Crippen MR) is 92.2 cm³/mol. The lowest BCUT2D eigenvalue weighted by atomic mass is 10.1. The van der Waals surface area contributed by atoms with E-state index in [0.717, 1.165) is 32.5 Å². The molecule has 21 heavy (non-hydrogen) atoms. The third-order valence-corrected chi connectivity index (χ3v) is 4.85. The molecule has 0 aliphatic heterocycles. The molecule has 0 radical (unpaired) electrons. The van der Waals surface area contributed by atoms with E-state index in [-0.39, 0.29) is 0 Å². The number of hydrogen-bond acceptors (Lipinski definition) is 2. The minimum Gasteiger partial charge on any atom is -0.346 e. The molecular formula is C18H22N2S. The highest BCUT2D eigenvalue weighted by Gasteiger charge is 2.04. The van der Waals surface area contributed by atoms with Crippen molar-refractivity contribution in [1.82, 2.24) is 9.88 Å². The smallest absolute Gasteiger partial charge is 0.0513 e. The normalized spacial score (nSPS) is 11.3. The summed E-state index contributed by atoms with van der Waals surface area (Å²) in [7, 11) is 0. The molecule has 0 aliphatic carbocycles. The van der Waals surface area contributed by atoms with Gasteiger partial charge < -0.3 is 9.88 Å². The average molecular weight is 298 g/mol. The zero-order chi connectivity index (χ0) is 14.5. The number of rotatable bonds is 7. The van der Waals surface area contributed by atoms with Crippen molar-refractivity contribution in [2.45, 2.75) is 26.3 Å². The van der Waals surface area contributed by atoms with Gasteiger partial charge in [-0.25, -0.2) is 0 Å². The molecular weight excluding hydrogens is 276 g/mol. The van der Waals surface area contributed by atoms with Gasteiger partial charge in [-0.3, -0.25) is 0 Å². The summed E-state index contributed by atoms with van der Waals surface area (Å²) in [6.07, 6.45) is 4.43. The second-order valence-corrected chi connectivity index (χ2v) is 6.33. The fourth-order valence-corrected chi connectivity index (χ4v) is 3.51. The number of fused-ring (bicyclic) bond motifs is 1. The van der Waals surface area contributed by atoms with Crippen LogP contribution in [0, 0.1) is 0 Å². The highest BCUT2D eigenvalue weighted by Crippen LogP contribution is 2.20. The Morgan fingerprint density at radius 3 is 2.86 bits per heavy atom. The van der Waals surface area contributed by atoms with Crippen LogP contribution in [0.25, 0.3) is 10.9 Å². The summed E-state index contributed by atoms with van der Waals surface area (Å²) in [5.41, 5.74) is 2.84. The molecule has 3 aromatic rings. The van der Waals surface area contributed by atoms with E-state index in [1.807, 2.05) is 11.3 Å². The van der Waals surface area contributed by atoms with Crippen LogP contribution in [0.4, 0.5) is 0 Å². The second-order valence-electron chi connectivity index (χ2n) is 5.30. The Morgan fingerprint density at radius 1 is 1.10 bits per heavy atom. The Hall–Kier alpha value is -1.58. The maximum atomic E-state index is 3.55. The SMILES string of the molecule is CCc1cccc2ccn(CCNCCc3cccs3)c12. The maximum absolute atomic E-state index is 3.55. The van der Waals surface area contributed by atoms with Gasteiger partial charge in [0.2, 0.25) is 0 Å². The molecule has 2 heterocycles. The van der Waals surface area contributed by atoms with E-state index in [4.69, 9.17) is 0 Å². The molecule has 3 heteroatoms. The Kier molecular flexibility index (Phi) is 4.73. The van der Waals surface area contributed by atoms with Gasteiger partial charge in [-0.2, -0.15) is 0 Å². The fraction of sp³-hybridized carbons (Fsp3) is 0.333. The number of benzene rings is 1. The molecule has 3 rings (SSSR count). The van der Waals surface area contributed by atoms with Crippen molar-refractivity contribution in [2.75, 3.05) is 13.1 Å². The van der Waals surface area contributed by atoms with E-state index < -0.39 is 0 Å². The lowest BCUT2D eigenvalue weighted by molar-refractivity contribution is 0.610. The van der Waals surface area contributed by atoms with E-state index >= 15 is 0 Å². The lowest BCUT2D eigenvalue weighted by Crippen LogP contribution is -2.22. The van der Waals surface area contributed by atoms with Gasteiger partial charge in [0.1, 0.15) is 0 Å². The summed E-state index contributed by atoms with van der Waals surface area (Å²) in [4.78, 5) is 1.46. The Morgan fingerprint density at radius 2 is 2.05 bits per heavy atom. The highest BCUT2D eigenvalue weighted by molar-refractivity contribution is 7.09. The van der Waals surface area contributed by atoms with Gasteiger partial charge in [0, 0.05) is 30.7 Å². The summed E-state index contributed by atoms with van der Waals surface area (Å²) >= 11 is 1.84. The molecule has 0 atom stereocenters. The zero-order valence-corrected chi connectivity index (χ0v) is 13.3. The van der Waals surface area contributed by atoms with Gasteiger partial charge in [0.25, 0.3) is 0 Å². The van der Waals surface area contributed by atoms with E-state index in [2.05, 4.69) is 64.8 Å². The van der Waals surface area contributed by atoms with E-state index in [1.54, 1.807) is 0 Å². The van der Waals surface area contributed by atoms with Gasteiger partial charge in [0.05, 0.1) is 5.52 Å². The van der Waals surface area contributed by atoms with Crippen molar-refractivity contribution >= 4 is 22.2 Å². The quantitative estimate of drug-likeness (QED) is 0.650. The van der Waals surface area contributed by atoms with E-state index in [1.165, 1.54) is 21.3 Å². The molecule has 2 aromatic heterocycles. The van der Waals surface area contributed by atoms with E-state index in [9.17, 15) is 0 Å². The third-order valence-electron chi connectivity index (χ3n) is 3.91. The van der Waals surface area contributed by atoms with Crippen LogP contribution in [0.2, 0.25) is 0 Å². The van der Waals surface area contributed by atoms with Crippen LogP contribution in [0.3, 0.4) is 0 Å². The summed E-state index contributed by atoms with van der Waals surface area (Å²) < 4.78 is 2.38. The van der Waals surface area contributed by atoms with Crippen molar-refractivity contribution in [3.8, 4) is 0 Å². The number of para-hydroxylation sites is 1. The summed E-state index contributed by atoms with van der Waals surface area (Å²) in [6, 6.07) is 13.2. The first-order chi connectivity index (χ1) is 10.4. The molecule has 1 N–H and O–H groups in total. The van der Waals surface area contributed by atoms with Gasteiger partial charge in [0.15, 0.2) is 0 Å². The monoisotopic (exact) mass is 298 g/mol. The largest absolute Gasteiger partial charge is 0.346 e. The van der Waals surface area contributed by atoms with Crippen molar-refractivity contribution in [2.24, 2.45) is 0 Å². The number of aryl methyl sites for hydroxylation is 1. The van der Waals surface area contributed by atoms with Crippen LogP contribution in [0.1, 0.15) is 17.4 Å². The van der Waals surface area contributed by atoms with Crippen molar-refractivity contribution in [3.63, 3.8) is 0 Å². The molecule has 0 aliphatic rings. The highest BCUT2D eigenvalue weighted by atomic mass is 32.1.